The van der Waals surface area contributed by atoms with Gasteiger partial charge in [-0.2, -0.15) is 0 Å². The summed E-state index contributed by atoms with van der Waals surface area (Å²) in [5.41, 5.74) is 10.2. The Morgan fingerprint density at radius 3 is 1.73 bits per heavy atom. The second-order valence-corrected chi connectivity index (χ2v) is 13.1. The zero-order chi connectivity index (χ0) is 34.0. The van der Waals surface area contributed by atoms with Gasteiger partial charge >= 0.3 is 0 Å². The highest BCUT2D eigenvalue weighted by atomic mass is 16.5. The molecule has 10 heteroatoms. The first kappa shape index (κ1) is 31.3. The number of pyridine rings is 2. The van der Waals surface area contributed by atoms with Gasteiger partial charge in [0, 0.05) is 62.7 Å². The number of fused-ring (bicyclic) bond motifs is 3. The summed E-state index contributed by atoms with van der Waals surface area (Å²) < 4.78 is 17.5. The van der Waals surface area contributed by atoms with Crippen LogP contribution >= 0.6 is 0 Å². The lowest BCUT2D eigenvalue weighted by Crippen LogP contribution is -2.38. The number of rotatable bonds is 5. The largest absolute Gasteiger partial charge is 0.439 e. The van der Waals surface area contributed by atoms with E-state index in [4.69, 9.17) is 23.5 Å². The zero-order valence-electron chi connectivity index (χ0n) is 28.4. The van der Waals surface area contributed by atoms with Gasteiger partial charge in [-0.25, -0.2) is 9.97 Å². The van der Waals surface area contributed by atoms with Crippen molar-refractivity contribution in [2.45, 2.75) is 32.4 Å². The highest BCUT2D eigenvalue weighted by Gasteiger charge is 2.27. The molecule has 0 amide bonds. The number of oxazole rings is 2. The monoisotopic (exact) mass is 677 g/mol. The van der Waals surface area contributed by atoms with Crippen LogP contribution in [0.15, 0.2) is 106 Å². The quantitative estimate of drug-likeness (QED) is 0.190. The van der Waals surface area contributed by atoms with Gasteiger partial charge < -0.3 is 28.3 Å². The maximum absolute atomic E-state index is 6.00. The summed E-state index contributed by atoms with van der Waals surface area (Å²) in [4.78, 5) is 25.3. The van der Waals surface area contributed by atoms with Crippen LogP contribution in [0.3, 0.4) is 0 Å². The molecule has 3 aliphatic heterocycles. The molecule has 51 heavy (non-hydrogen) atoms. The minimum Gasteiger partial charge on any atom is -0.439 e. The number of benzene rings is 2. The van der Waals surface area contributed by atoms with Crippen LogP contribution in [-0.4, -0.2) is 59.3 Å². The summed E-state index contributed by atoms with van der Waals surface area (Å²) in [5.74, 6) is 3.22. The van der Waals surface area contributed by atoms with Gasteiger partial charge in [0.05, 0.1) is 37.7 Å². The summed E-state index contributed by atoms with van der Waals surface area (Å²) in [6.45, 7) is 6.86. The fraction of sp³-hybridized carbons (Fsp3) is 0.268. The predicted octanol–water partition coefficient (Wildman–Crippen LogP) is 7.00. The van der Waals surface area contributed by atoms with Gasteiger partial charge in [-0.05, 0) is 54.4 Å². The van der Waals surface area contributed by atoms with E-state index >= 15 is 0 Å². The van der Waals surface area contributed by atoms with Crippen molar-refractivity contribution >= 4 is 23.1 Å². The van der Waals surface area contributed by atoms with E-state index in [9.17, 15) is 0 Å². The molecule has 2 aromatic carbocycles. The van der Waals surface area contributed by atoms with E-state index in [2.05, 4.69) is 79.3 Å². The van der Waals surface area contributed by atoms with E-state index in [1.807, 2.05) is 36.4 Å². The molecule has 4 aromatic heterocycles. The first-order valence-corrected chi connectivity index (χ1v) is 17.8. The summed E-state index contributed by atoms with van der Waals surface area (Å²) >= 11 is 0. The Kier molecular flexibility index (Phi) is 8.50. The number of para-hydroxylation sites is 2. The van der Waals surface area contributed by atoms with Crippen LogP contribution < -0.4 is 14.7 Å². The number of ether oxygens (including phenoxy) is 1. The number of hydrogen-bond acceptors (Lipinski definition) is 10. The van der Waals surface area contributed by atoms with E-state index in [1.165, 1.54) is 28.2 Å². The SMILES string of the molecule is C1=Cc2c(cccc2N2CCc3oc(-c4ccccn4)nc3C2)C1.c1ccc(-c2nc3c(o2)CCN(c2ccccc2N2CCOCC2)C3)nc1. The summed E-state index contributed by atoms with van der Waals surface area (Å²) in [7, 11) is 0. The van der Waals surface area contributed by atoms with Gasteiger partial charge in [0.25, 0.3) is 0 Å². The van der Waals surface area contributed by atoms with E-state index in [1.54, 1.807) is 12.4 Å². The molecule has 1 aliphatic carbocycles. The molecular weight excluding hydrogens is 638 g/mol. The van der Waals surface area contributed by atoms with Crippen molar-refractivity contribution in [2.24, 2.45) is 0 Å². The normalized spacial score (nSPS) is 16.3. The lowest BCUT2D eigenvalue weighted by Gasteiger charge is -2.35. The fourth-order valence-electron chi connectivity index (χ4n) is 7.36. The van der Waals surface area contributed by atoms with E-state index in [0.717, 1.165) is 106 Å². The smallest absolute Gasteiger partial charge is 0.245 e. The molecule has 0 atom stereocenters. The van der Waals surface area contributed by atoms with Gasteiger partial charge in [-0.1, -0.05) is 48.6 Å². The minimum atomic E-state index is 0.615. The Balaban J connectivity index is 0.000000137. The maximum Gasteiger partial charge on any atom is 0.245 e. The van der Waals surface area contributed by atoms with Crippen molar-refractivity contribution < 1.29 is 13.6 Å². The van der Waals surface area contributed by atoms with Gasteiger partial charge in [-0.3, -0.25) is 9.97 Å². The molecule has 0 saturated carbocycles. The van der Waals surface area contributed by atoms with Crippen molar-refractivity contribution in [1.29, 1.82) is 0 Å². The topological polar surface area (TPSA) is 96.8 Å². The molecule has 4 aliphatic rings. The second kappa shape index (κ2) is 13.9. The number of hydrogen-bond donors (Lipinski definition) is 0. The molecule has 1 saturated heterocycles. The van der Waals surface area contributed by atoms with Crippen LogP contribution in [-0.2, 0) is 37.1 Å². The van der Waals surface area contributed by atoms with Gasteiger partial charge in [0.1, 0.15) is 34.3 Å². The summed E-state index contributed by atoms with van der Waals surface area (Å²) in [6, 6.07) is 26.8. The molecule has 256 valence electrons. The van der Waals surface area contributed by atoms with E-state index < -0.39 is 0 Å². The Morgan fingerprint density at radius 2 is 1.12 bits per heavy atom. The molecule has 10 nitrogen and oxygen atoms in total. The predicted molar refractivity (Wildman–Crippen MR) is 198 cm³/mol. The molecule has 0 spiro atoms. The lowest BCUT2D eigenvalue weighted by molar-refractivity contribution is 0.122. The Hall–Kier alpha value is -5.74. The number of allylic oxidation sites excluding steroid dienone is 1. The van der Waals surface area contributed by atoms with Crippen LogP contribution in [0.4, 0.5) is 17.1 Å². The highest BCUT2D eigenvalue weighted by molar-refractivity contribution is 5.74. The van der Waals surface area contributed by atoms with Crippen LogP contribution in [0.2, 0.25) is 0 Å². The van der Waals surface area contributed by atoms with Crippen LogP contribution in [0, 0.1) is 0 Å². The molecule has 0 unspecified atom stereocenters. The van der Waals surface area contributed by atoms with E-state index in [0.29, 0.717) is 11.8 Å². The van der Waals surface area contributed by atoms with Crippen molar-refractivity contribution in [3.05, 3.63) is 131 Å². The molecule has 7 heterocycles. The van der Waals surface area contributed by atoms with Crippen LogP contribution in [0.5, 0.6) is 0 Å². The average Bonchev–Trinajstić information content (AvgIpc) is 3.97. The molecule has 0 radical (unpaired) electrons. The molecule has 0 N–H and O–H groups in total. The highest BCUT2D eigenvalue weighted by Crippen LogP contribution is 2.36. The first-order chi connectivity index (χ1) is 25.3. The van der Waals surface area contributed by atoms with Crippen molar-refractivity contribution in [2.75, 3.05) is 54.1 Å². The van der Waals surface area contributed by atoms with Crippen LogP contribution in [0.25, 0.3) is 29.2 Å². The van der Waals surface area contributed by atoms with Crippen molar-refractivity contribution in [3.63, 3.8) is 0 Å². The minimum absolute atomic E-state index is 0.615. The van der Waals surface area contributed by atoms with Crippen molar-refractivity contribution in [3.8, 4) is 23.2 Å². The van der Waals surface area contributed by atoms with Crippen molar-refractivity contribution in [1.82, 2.24) is 19.9 Å². The lowest BCUT2D eigenvalue weighted by atomic mass is 10.0. The first-order valence-electron chi connectivity index (χ1n) is 17.8. The number of nitrogens with zero attached hydrogens (tertiary/aromatic N) is 7. The summed E-state index contributed by atoms with van der Waals surface area (Å²) in [5, 5.41) is 0. The zero-order valence-corrected chi connectivity index (χ0v) is 28.4. The fourth-order valence-corrected chi connectivity index (χ4v) is 7.36. The molecule has 1 fully saturated rings. The average molecular weight is 678 g/mol. The Labute approximate surface area is 297 Å². The Bertz CT molecular complexity index is 2150. The summed E-state index contributed by atoms with van der Waals surface area (Å²) in [6.07, 6.45) is 10.8. The van der Waals surface area contributed by atoms with E-state index in [-0.39, 0.29) is 0 Å². The molecular formula is C41H39N7O3. The Morgan fingerprint density at radius 1 is 0.549 bits per heavy atom. The third kappa shape index (κ3) is 6.39. The van der Waals surface area contributed by atoms with Gasteiger partial charge in [0.15, 0.2) is 0 Å². The molecule has 10 rings (SSSR count). The van der Waals surface area contributed by atoms with Crippen LogP contribution in [0.1, 0.15) is 34.0 Å². The standard InChI is InChI=1S/C21H22N4O2.C20H17N3O/c1-2-7-19(18(6-1)24-11-13-26-14-12-24)25-10-8-20-17(15-25)23-21(27-20)16-5-3-4-9-22-16;1-2-11-21-16(8-1)20-22-17-13-23(12-10-19(17)24-20)18-9-4-6-14-5-3-7-15(14)18/h1-7,9H,8,10-15H2;1-4,6-9,11H,5,10,12-13H2. The second-order valence-electron chi connectivity index (χ2n) is 13.1. The number of aromatic nitrogens is 4. The molecule has 0 bridgehead atoms. The third-order valence-corrected chi connectivity index (χ3v) is 9.93. The van der Waals surface area contributed by atoms with Gasteiger partial charge in [0.2, 0.25) is 11.8 Å². The maximum atomic E-state index is 6.00. The number of anilines is 3. The molecule has 6 aromatic rings. The third-order valence-electron chi connectivity index (χ3n) is 9.93. The van der Waals surface area contributed by atoms with Gasteiger partial charge in [-0.15, -0.1) is 0 Å². The number of morpholine rings is 1.